The van der Waals surface area contributed by atoms with E-state index in [0.717, 1.165) is 16.7 Å². The van der Waals surface area contributed by atoms with E-state index in [1.807, 2.05) is 37.5 Å². The van der Waals surface area contributed by atoms with Crippen LogP contribution in [-0.4, -0.2) is 40.8 Å². The summed E-state index contributed by atoms with van der Waals surface area (Å²) in [7, 11) is 2.01. The fraction of sp³-hybridized carbons (Fsp3) is 0.250. The molecule has 6 heteroatoms. The van der Waals surface area contributed by atoms with Gasteiger partial charge in [-0.3, -0.25) is 4.99 Å². The van der Waals surface area contributed by atoms with Crippen molar-refractivity contribution in [2.75, 3.05) is 18.6 Å². The first-order valence-electron chi connectivity index (χ1n) is 6.75. The first-order chi connectivity index (χ1) is 10.6. The van der Waals surface area contributed by atoms with Gasteiger partial charge in [-0.05, 0) is 37.1 Å². The highest BCUT2D eigenvalue weighted by atomic mass is 32.2. The van der Waals surface area contributed by atoms with Crippen molar-refractivity contribution in [1.29, 1.82) is 0 Å². The number of hydrogen-bond acceptors (Lipinski definition) is 3. The molecule has 1 heterocycles. The fourth-order valence-electron chi connectivity index (χ4n) is 2.06. The second-order valence-electron chi connectivity index (χ2n) is 4.80. The fourth-order valence-corrected chi connectivity index (χ4v) is 2.66. The molecule has 116 valence electrons. The Hall–Kier alpha value is -2.05. The number of aromatic nitrogens is 1. The summed E-state index contributed by atoms with van der Waals surface area (Å²) in [5.41, 5.74) is 1.83. The normalized spacial score (nSPS) is 13.7. The molecule has 0 amide bonds. The second kappa shape index (κ2) is 7.82. The van der Waals surface area contributed by atoms with E-state index in [1.54, 1.807) is 12.3 Å². The van der Waals surface area contributed by atoms with E-state index in [1.165, 1.54) is 6.34 Å². The van der Waals surface area contributed by atoms with E-state index in [4.69, 9.17) is 4.74 Å². The Morgan fingerprint density at radius 2 is 2.27 bits per heavy atom. The third-order valence-electron chi connectivity index (χ3n) is 3.08. The van der Waals surface area contributed by atoms with Gasteiger partial charge in [-0.2, -0.15) is 0 Å². The summed E-state index contributed by atoms with van der Waals surface area (Å²) in [5.74, 6) is 1.16. The SMILES string of the molecule is C=N/C=N\C(=C/COc1ccc2c(ccn2C)c1)C[S+](C)[O-]. The van der Waals surface area contributed by atoms with Crippen LogP contribution in [0.4, 0.5) is 0 Å². The van der Waals surface area contributed by atoms with Gasteiger partial charge in [-0.25, -0.2) is 4.99 Å². The zero-order chi connectivity index (χ0) is 15.9. The van der Waals surface area contributed by atoms with Gasteiger partial charge in [0, 0.05) is 24.1 Å². The van der Waals surface area contributed by atoms with E-state index in [-0.39, 0.29) is 0 Å². The van der Waals surface area contributed by atoms with Crippen molar-refractivity contribution in [3.63, 3.8) is 0 Å². The Bertz CT molecular complexity index is 704. The van der Waals surface area contributed by atoms with Gasteiger partial charge in [-0.1, -0.05) is 11.2 Å². The van der Waals surface area contributed by atoms with Crippen molar-refractivity contribution >= 4 is 35.1 Å². The van der Waals surface area contributed by atoms with Crippen LogP contribution in [0.5, 0.6) is 5.75 Å². The molecule has 0 aliphatic carbocycles. The van der Waals surface area contributed by atoms with Gasteiger partial charge in [0.25, 0.3) is 0 Å². The lowest BCUT2D eigenvalue weighted by Crippen LogP contribution is -2.06. The number of rotatable bonds is 7. The van der Waals surface area contributed by atoms with Gasteiger partial charge in [0.2, 0.25) is 0 Å². The van der Waals surface area contributed by atoms with Crippen LogP contribution in [0.3, 0.4) is 0 Å². The second-order valence-corrected chi connectivity index (χ2v) is 6.23. The maximum absolute atomic E-state index is 11.3. The zero-order valence-electron chi connectivity index (χ0n) is 12.7. The van der Waals surface area contributed by atoms with Gasteiger partial charge in [0.1, 0.15) is 24.4 Å². The Morgan fingerprint density at radius 3 is 3.00 bits per heavy atom. The molecule has 0 radical (unpaired) electrons. The number of ether oxygens (including phenoxy) is 1. The first-order valence-corrected chi connectivity index (χ1v) is 8.48. The summed E-state index contributed by atoms with van der Waals surface area (Å²) in [6.07, 6.45) is 6.79. The Kier molecular flexibility index (Phi) is 5.80. The maximum atomic E-state index is 11.3. The molecule has 5 nitrogen and oxygen atoms in total. The molecule has 1 unspecified atom stereocenters. The number of aliphatic imine (C=N–C) groups is 2. The molecule has 0 aliphatic heterocycles. The highest BCUT2D eigenvalue weighted by Gasteiger charge is 2.04. The lowest BCUT2D eigenvalue weighted by molar-refractivity contribution is 0.362. The lowest BCUT2D eigenvalue weighted by atomic mass is 10.2. The molecule has 0 spiro atoms. The van der Waals surface area contributed by atoms with E-state index in [9.17, 15) is 4.55 Å². The average Bonchev–Trinajstić information content (AvgIpc) is 2.85. The smallest absolute Gasteiger partial charge is 0.147 e. The molecule has 0 fully saturated rings. The maximum Gasteiger partial charge on any atom is 0.147 e. The van der Waals surface area contributed by atoms with Crippen molar-refractivity contribution in [3.05, 3.63) is 42.2 Å². The summed E-state index contributed by atoms with van der Waals surface area (Å²) in [5, 5.41) is 1.13. The van der Waals surface area contributed by atoms with Crippen LogP contribution in [0.1, 0.15) is 0 Å². The van der Waals surface area contributed by atoms with Crippen LogP contribution >= 0.6 is 0 Å². The van der Waals surface area contributed by atoms with Crippen LogP contribution in [0.2, 0.25) is 0 Å². The van der Waals surface area contributed by atoms with Crippen molar-refractivity contribution < 1.29 is 9.29 Å². The summed E-state index contributed by atoms with van der Waals surface area (Å²) < 4.78 is 19.1. The molecular weight excluding hydrogens is 298 g/mol. The van der Waals surface area contributed by atoms with Crippen LogP contribution in [-0.2, 0) is 18.2 Å². The molecule has 1 aromatic carbocycles. The van der Waals surface area contributed by atoms with Gasteiger partial charge in [0.05, 0.1) is 12.0 Å². The number of benzene rings is 1. The Morgan fingerprint density at radius 1 is 1.45 bits per heavy atom. The topological polar surface area (TPSA) is 61.9 Å². The number of nitrogens with zero attached hydrogens (tertiary/aromatic N) is 3. The molecule has 1 aromatic heterocycles. The molecule has 0 N–H and O–H groups in total. The standard InChI is InChI=1S/C16H19N3O2S/c1-17-12-18-14(11-22(3)20)7-9-21-15-4-5-16-13(10-15)6-8-19(16)2/h4-8,10,12H,1,9,11H2,2-3H3/b14-7-,18-12-. The van der Waals surface area contributed by atoms with E-state index < -0.39 is 11.2 Å². The van der Waals surface area contributed by atoms with E-state index in [2.05, 4.69) is 21.3 Å². The van der Waals surface area contributed by atoms with Crippen molar-refractivity contribution in [1.82, 2.24) is 4.57 Å². The molecule has 2 rings (SSSR count). The predicted molar refractivity (Wildman–Crippen MR) is 93.5 cm³/mol. The molecule has 0 aliphatic rings. The lowest BCUT2D eigenvalue weighted by Gasteiger charge is -2.07. The van der Waals surface area contributed by atoms with Crippen molar-refractivity contribution in [2.24, 2.45) is 17.0 Å². The molecule has 2 aromatic rings. The minimum atomic E-state index is -0.965. The highest BCUT2D eigenvalue weighted by Crippen LogP contribution is 2.21. The van der Waals surface area contributed by atoms with Gasteiger partial charge in [-0.15, -0.1) is 0 Å². The average molecular weight is 317 g/mol. The van der Waals surface area contributed by atoms with Gasteiger partial charge >= 0.3 is 0 Å². The third kappa shape index (κ3) is 4.47. The minimum absolute atomic E-state index is 0.360. The molecule has 22 heavy (non-hydrogen) atoms. The molecule has 0 bridgehead atoms. The molecule has 0 saturated carbocycles. The monoisotopic (exact) mass is 317 g/mol. The van der Waals surface area contributed by atoms with Gasteiger partial charge in [0.15, 0.2) is 0 Å². The number of hydrogen-bond donors (Lipinski definition) is 0. The summed E-state index contributed by atoms with van der Waals surface area (Å²) in [6.45, 7) is 3.70. The summed E-state index contributed by atoms with van der Waals surface area (Å²) in [4.78, 5) is 7.66. The number of aryl methyl sites for hydroxylation is 1. The summed E-state index contributed by atoms with van der Waals surface area (Å²) >= 11 is -0.965. The van der Waals surface area contributed by atoms with Crippen molar-refractivity contribution in [3.8, 4) is 5.75 Å². The minimum Gasteiger partial charge on any atom is -0.616 e. The zero-order valence-corrected chi connectivity index (χ0v) is 13.5. The number of fused-ring (bicyclic) bond motifs is 1. The molecule has 0 saturated heterocycles. The summed E-state index contributed by atoms with van der Waals surface area (Å²) in [6, 6.07) is 8.00. The van der Waals surface area contributed by atoms with Gasteiger partial charge < -0.3 is 13.9 Å². The third-order valence-corrected chi connectivity index (χ3v) is 3.78. The van der Waals surface area contributed by atoms with E-state index >= 15 is 0 Å². The predicted octanol–water partition coefficient (Wildman–Crippen LogP) is 2.55. The largest absolute Gasteiger partial charge is 0.616 e. The Balaban J connectivity index is 2.03. The first kappa shape index (κ1) is 16.3. The van der Waals surface area contributed by atoms with Crippen LogP contribution in [0.25, 0.3) is 10.9 Å². The van der Waals surface area contributed by atoms with Crippen LogP contribution < -0.4 is 4.74 Å². The molecular formula is C16H19N3O2S. The quantitative estimate of drug-likeness (QED) is 0.447. The van der Waals surface area contributed by atoms with E-state index in [0.29, 0.717) is 18.1 Å². The Labute approximate surface area is 133 Å². The molecule has 1 atom stereocenters. The van der Waals surface area contributed by atoms with Crippen LogP contribution in [0, 0.1) is 0 Å². The van der Waals surface area contributed by atoms with Crippen molar-refractivity contribution in [2.45, 2.75) is 0 Å². The highest BCUT2D eigenvalue weighted by molar-refractivity contribution is 7.90. The van der Waals surface area contributed by atoms with Crippen LogP contribution in [0.15, 0.2) is 52.2 Å².